The third-order valence-electron chi connectivity index (χ3n) is 6.13. The van der Waals surface area contributed by atoms with Gasteiger partial charge in [-0.05, 0) is 56.7 Å². The number of hydrogen-bond donors (Lipinski definition) is 0. The number of hydrogen-bond acceptors (Lipinski definition) is 7. The van der Waals surface area contributed by atoms with Crippen molar-refractivity contribution in [2.45, 2.75) is 20.8 Å². The van der Waals surface area contributed by atoms with Crippen LogP contribution in [0.25, 0.3) is 22.6 Å². The molecule has 0 amide bonds. The van der Waals surface area contributed by atoms with Crippen molar-refractivity contribution >= 4 is 17.1 Å². The zero-order valence-electron chi connectivity index (χ0n) is 20.9. The Labute approximate surface area is 216 Å². The number of non-ortho nitro benzene ring substituents is 1. The van der Waals surface area contributed by atoms with E-state index in [1.807, 2.05) is 44.2 Å². The second-order valence-corrected chi connectivity index (χ2v) is 8.88. The molecular formula is C28H23N5O5. The zero-order valence-corrected chi connectivity index (χ0v) is 20.9. The molecule has 190 valence electrons. The van der Waals surface area contributed by atoms with E-state index in [1.165, 1.54) is 28.7 Å². The van der Waals surface area contributed by atoms with Gasteiger partial charge in [-0.2, -0.15) is 5.10 Å². The van der Waals surface area contributed by atoms with Gasteiger partial charge in [0.1, 0.15) is 5.69 Å². The van der Waals surface area contributed by atoms with Crippen LogP contribution in [0.15, 0.2) is 77.7 Å². The summed E-state index contributed by atoms with van der Waals surface area (Å²) >= 11 is 0. The van der Waals surface area contributed by atoms with Gasteiger partial charge in [-0.15, -0.1) is 0 Å². The first-order chi connectivity index (χ1) is 18.2. The molecule has 0 aliphatic carbocycles. The van der Waals surface area contributed by atoms with Crippen molar-refractivity contribution in [2.24, 2.45) is 0 Å². The molecular weight excluding hydrogens is 486 g/mol. The number of rotatable bonds is 7. The predicted molar refractivity (Wildman–Crippen MR) is 141 cm³/mol. The van der Waals surface area contributed by atoms with Crippen LogP contribution in [0, 0.1) is 30.9 Å². The predicted octanol–water partition coefficient (Wildman–Crippen LogP) is 4.64. The van der Waals surface area contributed by atoms with Gasteiger partial charge in [0, 0.05) is 29.6 Å². The molecule has 5 aromatic rings. The molecule has 38 heavy (non-hydrogen) atoms. The highest BCUT2D eigenvalue weighted by Gasteiger charge is 2.19. The summed E-state index contributed by atoms with van der Waals surface area (Å²) in [6.45, 7) is 5.27. The van der Waals surface area contributed by atoms with Crippen LogP contribution in [0.3, 0.4) is 0 Å². The summed E-state index contributed by atoms with van der Waals surface area (Å²) in [5.41, 5.74) is 4.08. The van der Waals surface area contributed by atoms with Crippen LogP contribution < -0.4 is 10.3 Å². The van der Waals surface area contributed by atoms with E-state index in [1.54, 1.807) is 29.9 Å². The Morgan fingerprint density at radius 1 is 1.03 bits per heavy atom. The molecule has 0 saturated heterocycles. The average Bonchev–Trinajstić information content (AvgIpc) is 3.28. The van der Waals surface area contributed by atoms with Crippen molar-refractivity contribution in [1.29, 1.82) is 0 Å². The fourth-order valence-electron chi connectivity index (χ4n) is 4.29. The van der Waals surface area contributed by atoms with E-state index in [2.05, 4.69) is 4.98 Å². The summed E-state index contributed by atoms with van der Waals surface area (Å²) in [5.74, 6) is -0.206. The van der Waals surface area contributed by atoms with Gasteiger partial charge >= 0.3 is 0 Å². The highest BCUT2D eigenvalue weighted by atomic mass is 16.6. The highest BCUT2D eigenvalue weighted by molar-refractivity contribution is 5.97. The number of Topliss-reactive ketones (excluding diaryl/α,β-unsaturated/α-hetero) is 1. The molecule has 0 radical (unpaired) electrons. The summed E-state index contributed by atoms with van der Waals surface area (Å²) in [5, 5.41) is 15.7. The first-order valence-electron chi connectivity index (χ1n) is 11.8. The van der Waals surface area contributed by atoms with Crippen LogP contribution in [0.1, 0.15) is 27.3 Å². The number of ketones is 1. The number of nitrogens with zero attached hydrogens (tertiary/aromatic N) is 5. The minimum atomic E-state index is -0.565. The largest absolute Gasteiger partial charge is 0.482 e. The summed E-state index contributed by atoms with van der Waals surface area (Å²) < 4.78 is 8.87. The van der Waals surface area contributed by atoms with E-state index >= 15 is 0 Å². The van der Waals surface area contributed by atoms with E-state index in [4.69, 9.17) is 9.84 Å². The molecule has 0 aliphatic rings. The average molecular weight is 510 g/mol. The van der Waals surface area contributed by atoms with Crippen LogP contribution in [0.4, 0.5) is 5.69 Å². The maximum Gasteiger partial charge on any atom is 0.270 e. The van der Waals surface area contributed by atoms with Crippen molar-refractivity contribution in [3.05, 3.63) is 116 Å². The Morgan fingerprint density at radius 3 is 2.58 bits per heavy atom. The van der Waals surface area contributed by atoms with Gasteiger partial charge in [-0.25, -0.2) is 9.67 Å². The van der Waals surface area contributed by atoms with E-state index < -0.39 is 10.7 Å². The van der Waals surface area contributed by atoms with Gasteiger partial charge in [0.05, 0.1) is 21.9 Å². The topological polar surface area (TPSA) is 122 Å². The van der Waals surface area contributed by atoms with Crippen LogP contribution in [-0.4, -0.2) is 36.5 Å². The van der Waals surface area contributed by atoms with Gasteiger partial charge in [-0.1, -0.05) is 24.3 Å². The lowest BCUT2D eigenvalue weighted by atomic mass is 10.1. The Hall–Kier alpha value is -5.12. The molecule has 0 N–H and O–H groups in total. The number of pyridine rings is 1. The summed E-state index contributed by atoms with van der Waals surface area (Å²) in [7, 11) is 0. The summed E-state index contributed by atoms with van der Waals surface area (Å²) in [6.07, 6.45) is 1.58. The molecule has 0 spiro atoms. The third-order valence-corrected chi connectivity index (χ3v) is 6.13. The van der Waals surface area contributed by atoms with Gasteiger partial charge < -0.3 is 4.74 Å². The highest BCUT2D eigenvalue weighted by Crippen LogP contribution is 2.24. The number of nitro groups is 1. The Kier molecular flexibility index (Phi) is 6.29. The molecule has 0 bridgehead atoms. The molecule has 0 saturated carbocycles. The number of aromatic nitrogens is 4. The standard InChI is InChI=1S/C28H23N5O5/c1-17-7-4-9-21(13-17)32-18(2)14-23(30-32)26-19(3)29-27-25(11-6-12-31(27)28(26)35)38-16-24(34)20-8-5-10-22(15-20)33(36)37/h4-15H,16H2,1-3H3. The lowest BCUT2D eigenvalue weighted by molar-refractivity contribution is -0.384. The Bertz CT molecular complexity index is 1790. The first-order valence-corrected chi connectivity index (χ1v) is 11.8. The molecule has 3 aromatic heterocycles. The normalized spacial score (nSPS) is 11.0. The quantitative estimate of drug-likeness (QED) is 0.178. The molecule has 0 fully saturated rings. The zero-order chi connectivity index (χ0) is 27.0. The van der Waals surface area contributed by atoms with Gasteiger partial charge in [0.25, 0.3) is 11.2 Å². The fourth-order valence-corrected chi connectivity index (χ4v) is 4.29. The second-order valence-electron chi connectivity index (χ2n) is 8.88. The van der Waals surface area contributed by atoms with Crippen LogP contribution in [0.2, 0.25) is 0 Å². The van der Waals surface area contributed by atoms with Crippen molar-refractivity contribution in [3.63, 3.8) is 0 Å². The van der Waals surface area contributed by atoms with Crippen LogP contribution in [-0.2, 0) is 0 Å². The molecule has 0 unspecified atom stereocenters. The lowest BCUT2D eigenvalue weighted by Crippen LogP contribution is -2.20. The fraction of sp³-hybridized carbons (Fsp3) is 0.143. The monoisotopic (exact) mass is 509 g/mol. The molecule has 10 nitrogen and oxygen atoms in total. The SMILES string of the molecule is Cc1cccc(-n2nc(-c3c(C)nc4c(OCC(=O)c5cccc([N+](=O)[O-])c5)cccn4c3=O)cc2C)c1. The van der Waals surface area contributed by atoms with Crippen molar-refractivity contribution < 1.29 is 14.5 Å². The number of carbonyl (C=O) groups excluding carboxylic acids is 1. The van der Waals surface area contributed by atoms with E-state index in [0.717, 1.165) is 16.9 Å². The van der Waals surface area contributed by atoms with Crippen molar-refractivity contribution in [2.75, 3.05) is 6.61 Å². The third kappa shape index (κ3) is 4.55. The Morgan fingerprint density at radius 2 is 1.82 bits per heavy atom. The van der Waals surface area contributed by atoms with Crippen molar-refractivity contribution in [1.82, 2.24) is 19.2 Å². The number of nitro benzene ring substituents is 1. The maximum absolute atomic E-state index is 13.6. The van der Waals surface area contributed by atoms with Crippen molar-refractivity contribution in [3.8, 4) is 22.7 Å². The first kappa shape index (κ1) is 24.6. The number of benzene rings is 2. The Balaban J connectivity index is 1.48. The maximum atomic E-state index is 13.6. The van der Waals surface area contributed by atoms with Gasteiger partial charge in [0.2, 0.25) is 0 Å². The second kappa shape index (κ2) is 9.74. The molecule has 10 heteroatoms. The number of fused-ring (bicyclic) bond motifs is 1. The molecule has 2 aromatic carbocycles. The molecule has 0 aliphatic heterocycles. The number of carbonyl (C=O) groups is 1. The lowest BCUT2D eigenvalue weighted by Gasteiger charge is -2.11. The minimum Gasteiger partial charge on any atom is -0.482 e. The van der Waals surface area contributed by atoms with E-state index in [9.17, 15) is 19.7 Å². The number of aryl methyl sites for hydroxylation is 3. The van der Waals surface area contributed by atoms with Gasteiger partial charge in [-0.3, -0.25) is 24.1 Å². The van der Waals surface area contributed by atoms with E-state index in [-0.39, 0.29) is 34.8 Å². The number of ether oxygens (including phenoxy) is 1. The van der Waals surface area contributed by atoms with Crippen LogP contribution >= 0.6 is 0 Å². The smallest absolute Gasteiger partial charge is 0.270 e. The minimum absolute atomic E-state index is 0.155. The summed E-state index contributed by atoms with van der Waals surface area (Å²) in [4.78, 5) is 41.3. The molecule has 3 heterocycles. The molecule has 0 atom stereocenters. The summed E-state index contributed by atoms with van der Waals surface area (Å²) in [6, 6.07) is 18.4. The molecule has 5 rings (SSSR count). The van der Waals surface area contributed by atoms with Crippen LogP contribution in [0.5, 0.6) is 5.75 Å². The van der Waals surface area contributed by atoms with E-state index in [0.29, 0.717) is 17.0 Å². The van der Waals surface area contributed by atoms with Gasteiger partial charge in [0.15, 0.2) is 23.8 Å².